The molecule has 132 valence electrons. The number of carbonyl (C=O) groups excluding carboxylic acids is 1. The Bertz CT molecular complexity index is 808. The normalized spacial score (nSPS) is 15.2. The number of aromatic nitrogens is 2. The number of H-pyrrole nitrogens is 1. The number of carbonyl (C=O) groups is 1. The topological polar surface area (TPSA) is 75.3 Å². The van der Waals surface area contributed by atoms with Crippen LogP contribution in [0.2, 0.25) is 0 Å². The number of likely N-dealkylation sites (tertiary alicyclic amines) is 1. The van der Waals surface area contributed by atoms with Crippen LogP contribution in [-0.2, 0) is 11.2 Å². The summed E-state index contributed by atoms with van der Waals surface area (Å²) < 4.78 is 6.01. The van der Waals surface area contributed by atoms with E-state index >= 15 is 0 Å². The number of hydrogen-bond acceptors (Lipinski definition) is 4. The number of ether oxygens (including phenoxy) is 1. The van der Waals surface area contributed by atoms with Gasteiger partial charge in [-0.2, -0.15) is 0 Å². The lowest BCUT2D eigenvalue weighted by molar-refractivity contribution is -0.132. The number of aromatic amines is 1. The fraction of sp³-hybridized carbons (Fsp3) is 0.421. The van der Waals surface area contributed by atoms with Gasteiger partial charge < -0.3 is 14.6 Å². The molecular formula is C19H23N3O3. The summed E-state index contributed by atoms with van der Waals surface area (Å²) in [6.07, 6.45) is 3.28. The third-order valence-corrected chi connectivity index (χ3v) is 4.43. The quantitative estimate of drug-likeness (QED) is 0.923. The van der Waals surface area contributed by atoms with E-state index in [1.165, 1.54) is 11.8 Å². The van der Waals surface area contributed by atoms with Crippen LogP contribution in [-0.4, -0.2) is 40.0 Å². The molecule has 0 atom stereocenters. The van der Waals surface area contributed by atoms with Gasteiger partial charge in [0, 0.05) is 37.7 Å². The summed E-state index contributed by atoms with van der Waals surface area (Å²) in [6.45, 7) is 5.04. The highest BCUT2D eigenvalue weighted by Gasteiger charge is 2.24. The SMILES string of the molecule is Cc1cccc(OC2CCN(C(=O)Cc3cnc(C)[nH]c3=O)CC2)c1. The van der Waals surface area contributed by atoms with Gasteiger partial charge in [0.05, 0.1) is 6.42 Å². The van der Waals surface area contributed by atoms with Crippen LogP contribution < -0.4 is 10.3 Å². The lowest BCUT2D eigenvalue weighted by Crippen LogP contribution is -2.43. The predicted molar refractivity (Wildman–Crippen MR) is 94.7 cm³/mol. The van der Waals surface area contributed by atoms with Gasteiger partial charge in [0.25, 0.3) is 5.56 Å². The molecule has 2 aromatic rings. The lowest BCUT2D eigenvalue weighted by atomic mass is 10.1. The Morgan fingerprint density at radius 2 is 2.08 bits per heavy atom. The van der Waals surface area contributed by atoms with Crippen molar-refractivity contribution < 1.29 is 9.53 Å². The van der Waals surface area contributed by atoms with Crippen LogP contribution in [0.5, 0.6) is 5.75 Å². The Labute approximate surface area is 146 Å². The summed E-state index contributed by atoms with van der Waals surface area (Å²) in [5.74, 6) is 1.39. The maximum absolute atomic E-state index is 12.4. The van der Waals surface area contributed by atoms with Crippen LogP contribution in [0.3, 0.4) is 0 Å². The van der Waals surface area contributed by atoms with Crippen LogP contribution in [0.15, 0.2) is 35.3 Å². The summed E-state index contributed by atoms with van der Waals surface area (Å²) in [5, 5.41) is 0. The molecule has 0 radical (unpaired) electrons. The molecule has 1 amide bonds. The molecule has 1 N–H and O–H groups in total. The van der Waals surface area contributed by atoms with Gasteiger partial charge >= 0.3 is 0 Å². The Hall–Kier alpha value is -2.63. The number of amides is 1. The van der Waals surface area contributed by atoms with Crippen molar-refractivity contribution in [3.8, 4) is 5.75 Å². The smallest absolute Gasteiger partial charge is 0.254 e. The van der Waals surface area contributed by atoms with Gasteiger partial charge in [-0.15, -0.1) is 0 Å². The van der Waals surface area contributed by atoms with E-state index in [2.05, 4.69) is 9.97 Å². The first-order chi connectivity index (χ1) is 12.0. The van der Waals surface area contributed by atoms with Gasteiger partial charge in [0.1, 0.15) is 17.7 Å². The largest absolute Gasteiger partial charge is 0.490 e. The van der Waals surface area contributed by atoms with Gasteiger partial charge in [-0.1, -0.05) is 12.1 Å². The molecule has 1 aromatic heterocycles. The molecule has 1 fully saturated rings. The molecule has 25 heavy (non-hydrogen) atoms. The summed E-state index contributed by atoms with van der Waals surface area (Å²) >= 11 is 0. The fourth-order valence-corrected chi connectivity index (χ4v) is 3.02. The van der Waals surface area contributed by atoms with Gasteiger partial charge in [0.2, 0.25) is 5.91 Å². The average Bonchev–Trinajstić information content (AvgIpc) is 2.58. The van der Waals surface area contributed by atoms with E-state index in [1.54, 1.807) is 11.8 Å². The molecule has 3 rings (SSSR count). The molecule has 6 heteroatoms. The Balaban J connectivity index is 1.53. The van der Waals surface area contributed by atoms with Crippen LogP contribution in [0, 0.1) is 13.8 Å². The average molecular weight is 341 g/mol. The molecule has 1 saturated heterocycles. The Kier molecular flexibility index (Phi) is 5.16. The van der Waals surface area contributed by atoms with Crippen molar-refractivity contribution in [1.82, 2.24) is 14.9 Å². The fourth-order valence-electron chi connectivity index (χ4n) is 3.02. The van der Waals surface area contributed by atoms with E-state index in [9.17, 15) is 9.59 Å². The van der Waals surface area contributed by atoms with Crippen molar-refractivity contribution in [3.05, 3.63) is 57.8 Å². The first-order valence-corrected chi connectivity index (χ1v) is 8.57. The first-order valence-electron chi connectivity index (χ1n) is 8.57. The highest BCUT2D eigenvalue weighted by Crippen LogP contribution is 2.20. The molecular weight excluding hydrogens is 318 g/mol. The van der Waals surface area contributed by atoms with Crippen molar-refractivity contribution in [2.24, 2.45) is 0 Å². The number of piperidine rings is 1. The van der Waals surface area contributed by atoms with Crippen LogP contribution in [0.4, 0.5) is 0 Å². The number of aryl methyl sites for hydroxylation is 2. The predicted octanol–water partition coefficient (Wildman–Crippen LogP) is 2.00. The minimum atomic E-state index is -0.237. The molecule has 1 aliphatic heterocycles. The summed E-state index contributed by atoms with van der Waals surface area (Å²) in [7, 11) is 0. The number of rotatable bonds is 4. The van der Waals surface area contributed by atoms with Crippen molar-refractivity contribution in [2.75, 3.05) is 13.1 Å². The molecule has 0 bridgehead atoms. The van der Waals surface area contributed by atoms with Crippen LogP contribution >= 0.6 is 0 Å². The molecule has 2 heterocycles. The molecule has 0 aliphatic carbocycles. The van der Waals surface area contributed by atoms with E-state index in [0.29, 0.717) is 24.5 Å². The molecule has 0 spiro atoms. The van der Waals surface area contributed by atoms with Crippen molar-refractivity contribution in [2.45, 2.75) is 39.2 Å². The zero-order valence-corrected chi connectivity index (χ0v) is 14.6. The number of nitrogens with zero attached hydrogens (tertiary/aromatic N) is 2. The maximum Gasteiger partial charge on any atom is 0.254 e. The van der Waals surface area contributed by atoms with Gasteiger partial charge in [-0.25, -0.2) is 4.98 Å². The Morgan fingerprint density at radius 1 is 1.32 bits per heavy atom. The van der Waals surface area contributed by atoms with Crippen LogP contribution in [0.1, 0.15) is 29.8 Å². The summed E-state index contributed by atoms with van der Waals surface area (Å²) in [5.41, 5.74) is 1.34. The minimum absolute atomic E-state index is 0.0369. The van der Waals surface area contributed by atoms with Crippen molar-refractivity contribution in [3.63, 3.8) is 0 Å². The second-order valence-electron chi connectivity index (χ2n) is 6.51. The molecule has 1 aliphatic rings. The van der Waals surface area contributed by atoms with E-state index in [-0.39, 0.29) is 24.0 Å². The Morgan fingerprint density at radius 3 is 2.76 bits per heavy atom. The van der Waals surface area contributed by atoms with Gasteiger partial charge in [-0.05, 0) is 31.5 Å². The zero-order valence-electron chi connectivity index (χ0n) is 14.6. The van der Waals surface area contributed by atoms with Gasteiger partial charge in [-0.3, -0.25) is 9.59 Å². The highest BCUT2D eigenvalue weighted by atomic mass is 16.5. The lowest BCUT2D eigenvalue weighted by Gasteiger charge is -2.32. The van der Waals surface area contributed by atoms with E-state index in [1.807, 2.05) is 31.2 Å². The second-order valence-corrected chi connectivity index (χ2v) is 6.51. The summed E-state index contributed by atoms with van der Waals surface area (Å²) in [6, 6.07) is 8.00. The van der Waals surface area contributed by atoms with Crippen molar-refractivity contribution >= 4 is 5.91 Å². The van der Waals surface area contributed by atoms with E-state index in [0.717, 1.165) is 18.6 Å². The molecule has 0 unspecified atom stereocenters. The summed E-state index contributed by atoms with van der Waals surface area (Å²) in [4.78, 5) is 32.8. The monoisotopic (exact) mass is 341 g/mol. The van der Waals surface area contributed by atoms with Crippen LogP contribution in [0.25, 0.3) is 0 Å². The van der Waals surface area contributed by atoms with Crippen molar-refractivity contribution in [1.29, 1.82) is 0 Å². The number of benzene rings is 1. The highest BCUT2D eigenvalue weighted by molar-refractivity contribution is 5.78. The first kappa shape index (κ1) is 17.2. The van der Waals surface area contributed by atoms with E-state index in [4.69, 9.17) is 4.74 Å². The maximum atomic E-state index is 12.4. The second kappa shape index (κ2) is 7.51. The third-order valence-electron chi connectivity index (χ3n) is 4.43. The molecule has 0 saturated carbocycles. The van der Waals surface area contributed by atoms with E-state index < -0.39 is 0 Å². The third kappa shape index (κ3) is 4.47. The molecule has 1 aromatic carbocycles. The zero-order chi connectivity index (χ0) is 17.8. The molecule has 6 nitrogen and oxygen atoms in total. The number of nitrogens with one attached hydrogen (secondary N) is 1. The van der Waals surface area contributed by atoms with Gasteiger partial charge in [0.15, 0.2) is 0 Å². The number of hydrogen-bond donors (Lipinski definition) is 1. The minimum Gasteiger partial charge on any atom is -0.490 e. The standard InChI is InChI=1S/C19H23N3O3/c1-13-4-3-5-17(10-13)25-16-6-8-22(9-7-16)18(23)11-15-12-20-14(2)21-19(15)24/h3-5,10,12,16H,6-9,11H2,1-2H3,(H,20,21,24).